The highest BCUT2D eigenvalue weighted by Gasteiger charge is 2.40. The van der Waals surface area contributed by atoms with Crippen molar-refractivity contribution < 1.29 is 0 Å². The molecule has 0 aromatic heterocycles. The Kier molecular flexibility index (Phi) is 7.53. The average molecular weight is 295 g/mol. The number of hydrogen-bond donors (Lipinski definition) is 1. The van der Waals surface area contributed by atoms with Crippen LogP contribution in [0.5, 0.6) is 0 Å². The zero-order valence-electron chi connectivity index (χ0n) is 14.6. The van der Waals surface area contributed by atoms with Crippen LogP contribution >= 0.6 is 0 Å². The van der Waals surface area contributed by atoms with Crippen molar-refractivity contribution in [2.75, 3.05) is 19.6 Å². The molecule has 1 aliphatic carbocycles. The Morgan fingerprint density at radius 3 is 2.38 bits per heavy atom. The second-order valence-electron chi connectivity index (χ2n) is 7.55. The minimum Gasteiger partial charge on any atom is -0.308 e. The van der Waals surface area contributed by atoms with Gasteiger partial charge in [-0.15, -0.1) is 0 Å². The highest BCUT2D eigenvalue weighted by molar-refractivity contribution is 5.00. The Morgan fingerprint density at radius 2 is 1.67 bits per heavy atom. The van der Waals surface area contributed by atoms with Gasteiger partial charge in [0.1, 0.15) is 0 Å². The van der Waals surface area contributed by atoms with Crippen LogP contribution < -0.4 is 5.32 Å². The molecular formula is C19H38N2. The van der Waals surface area contributed by atoms with E-state index in [-0.39, 0.29) is 0 Å². The Hall–Kier alpha value is -0.0800. The Morgan fingerprint density at radius 1 is 0.952 bits per heavy atom. The van der Waals surface area contributed by atoms with Gasteiger partial charge in [-0.3, -0.25) is 4.90 Å². The molecule has 0 aromatic rings. The normalized spacial score (nSPS) is 25.7. The summed E-state index contributed by atoms with van der Waals surface area (Å²) >= 11 is 0. The fourth-order valence-electron chi connectivity index (χ4n) is 4.40. The van der Waals surface area contributed by atoms with E-state index in [0.29, 0.717) is 5.54 Å². The largest absolute Gasteiger partial charge is 0.308 e. The first-order valence-corrected chi connectivity index (χ1v) is 9.79. The standard InChI is InChI=1S/C19H38N2/c1-3-5-6-7-8-11-15-21-17-19(13-9-10-14-19)20-16-18(21)12-4-2/h18,20H,3-17H2,1-2H3. The van der Waals surface area contributed by atoms with Crippen molar-refractivity contribution in [1.82, 2.24) is 10.2 Å². The van der Waals surface area contributed by atoms with E-state index in [0.717, 1.165) is 6.04 Å². The maximum absolute atomic E-state index is 3.94. The van der Waals surface area contributed by atoms with Gasteiger partial charge < -0.3 is 5.32 Å². The third kappa shape index (κ3) is 5.25. The van der Waals surface area contributed by atoms with Crippen molar-refractivity contribution in [3.63, 3.8) is 0 Å². The van der Waals surface area contributed by atoms with Gasteiger partial charge in [0.25, 0.3) is 0 Å². The van der Waals surface area contributed by atoms with Crippen molar-refractivity contribution in [2.45, 2.75) is 102 Å². The number of piperazine rings is 1. The van der Waals surface area contributed by atoms with Crippen LogP contribution in [0, 0.1) is 0 Å². The number of nitrogens with zero attached hydrogens (tertiary/aromatic N) is 1. The van der Waals surface area contributed by atoms with Gasteiger partial charge >= 0.3 is 0 Å². The summed E-state index contributed by atoms with van der Waals surface area (Å²) in [6.45, 7) is 8.55. The average Bonchev–Trinajstić information content (AvgIpc) is 2.94. The van der Waals surface area contributed by atoms with Crippen LogP contribution in [0.2, 0.25) is 0 Å². The number of unbranched alkanes of at least 4 members (excludes halogenated alkanes) is 5. The zero-order valence-corrected chi connectivity index (χ0v) is 14.6. The monoisotopic (exact) mass is 294 g/mol. The molecule has 1 saturated carbocycles. The fourth-order valence-corrected chi connectivity index (χ4v) is 4.40. The van der Waals surface area contributed by atoms with E-state index in [2.05, 4.69) is 24.1 Å². The molecule has 1 spiro atoms. The maximum atomic E-state index is 3.94. The molecule has 2 nitrogen and oxygen atoms in total. The summed E-state index contributed by atoms with van der Waals surface area (Å²) in [5, 5.41) is 3.94. The molecule has 0 aromatic carbocycles. The third-order valence-electron chi connectivity index (χ3n) is 5.72. The van der Waals surface area contributed by atoms with Crippen molar-refractivity contribution in [3.8, 4) is 0 Å². The second-order valence-corrected chi connectivity index (χ2v) is 7.55. The highest BCUT2D eigenvalue weighted by Crippen LogP contribution is 2.33. The number of rotatable bonds is 9. The maximum Gasteiger partial charge on any atom is 0.0309 e. The van der Waals surface area contributed by atoms with Crippen LogP contribution in [0.4, 0.5) is 0 Å². The summed E-state index contributed by atoms with van der Waals surface area (Å²) in [5.74, 6) is 0. The lowest BCUT2D eigenvalue weighted by Gasteiger charge is -2.46. The quantitative estimate of drug-likeness (QED) is 0.618. The van der Waals surface area contributed by atoms with Crippen LogP contribution in [0.3, 0.4) is 0 Å². The molecule has 1 N–H and O–H groups in total. The van der Waals surface area contributed by atoms with E-state index in [1.165, 1.54) is 96.7 Å². The van der Waals surface area contributed by atoms with Gasteiger partial charge in [0.15, 0.2) is 0 Å². The molecule has 2 rings (SSSR count). The molecule has 1 aliphatic heterocycles. The molecule has 0 amide bonds. The third-order valence-corrected chi connectivity index (χ3v) is 5.72. The molecule has 0 radical (unpaired) electrons. The first kappa shape index (κ1) is 17.3. The topological polar surface area (TPSA) is 15.3 Å². The first-order valence-electron chi connectivity index (χ1n) is 9.79. The lowest BCUT2D eigenvalue weighted by atomic mass is 9.91. The van der Waals surface area contributed by atoms with Crippen molar-refractivity contribution in [1.29, 1.82) is 0 Å². The van der Waals surface area contributed by atoms with E-state index in [1.54, 1.807) is 0 Å². The van der Waals surface area contributed by atoms with Crippen LogP contribution in [-0.4, -0.2) is 36.1 Å². The highest BCUT2D eigenvalue weighted by atomic mass is 15.3. The Bertz CT molecular complexity index is 271. The fraction of sp³-hybridized carbons (Fsp3) is 1.00. The van der Waals surface area contributed by atoms with Gasteiger partial charge in [0.05, 0.1) is 0 Å². The minimum atomic E-state index is 0.493. The van der Waals surface area contributed by atoms with Gasteiger partial charge in [-0.1, -0.05) is 65.2 Å². The molecule has 0 bridgehead atoms. The van der Waals surface area contributed by atoms with Gasteiger partial charge in [0.2, 0.25) is 0 Å². The Labute approximate surface area is 133 Å². The van der Waals surface area contributed by atoms with Gasteiger partial charge in [-0.2, -0.15) is 0 Å². The lowest BCUT2D eigenvalue weighted by Crippen LogP contribution is -2.63. The predicted molar refractivity (Wildman–Crippen MR) is 92.8 cm³/mol. The summed E-state index contributed by atoms with van der Waals surface area (Å²) in [5.41, 5.74) is 0.493. The first-order chi connectivity index (χ1) is 10.3. The molecule has 1 heterocycles. The molecule has 1 saturated heterocycles. The molecule has 2 aliphatic rings. The Balaban J connectivity index is 1.74. The van der Waals surface area contributed by atoms with E-state index < -0.39 is 0 Å². The van der Waals surface area contributed by atoms with Crippen molar-refractivity contribution in [3.05, 3.63) is 0 Å². The molecule has 124 valence electrons. The molecule has 2 heteroatoms. The van der Waals surface area contributed by atoms with Crippen molar-refractivity contribution in [2.24, 2.45) is 0 Å². The van der Waals surface area contributed by atoms with Crippen LogP contribution in [0.25, 0.3) is 0 Å². The van der Waals surface area contributed by atoms with Crippen LogP contribution in [-0.2, 0) is 0 Å². The summed E-state index contributed by atoms with van der Waals surface area (Å²) in [6, 6.07) is 0.803. The summed E-state index contributed by atoms with van der Waals surface area (Å²) in [7, 11) is 0. The van der Waals surface area contributed by atoms with Gasteiger partial charge in [-0.05, 0) is 32.2 Å². The van der Waals surface area contributed by atoms with Crippen molar-refractivity contribution >= 4 is 0 Å². The molecule has 2 fully saturated rings. The van der Waals surface area contributed by atoms with Gasteiger partial charge in [-0.25, -0.2) is 0 Å². The summed E-state index contributed by atoms with van der Waals surface area (Å²) < 4.78 is 0. The van der Waals surface area contributed by atoms with E-state index in [4.69, 9.17) is 0 Å². The molecule has 1 unspecified atom stereocenters. The molecular weight excluding hydrogens is 256 g/mol. The number of hydrogen-bond acceptors (Lipinski definition) is 2. The van der Waals surface area contributed by atoms with E-state index in [1.807, 2.05) is 0 Å². The number of nitrogens with one attached hydrogen (secondary N) is 1. The summed E-state index contributed by atoms with van der Waals surface area (Å²) in [6.07, 6.45) is 16.9. The SMILES string of the molecule is CCCCCCCCN1CC2(CCCC2)NCC1CCC. The zero-order chi connectivity index (χ0) is 15.0. The molecule has 21 heavy (non-hydrogen) atoms. The molecule has 1 atom stereocenters. The van der Waals surface area contributed by atoms with E-state index >= 15 is 0 Å². The van der Waals surface area contributed by atoms with Gasteiger partial charge in [0, 0.05) is 24.7 Å². The predicted octanol–water partition coefficient (Wildman–Crippen LogP) is 4.73. The van der Waals surface area contributed by atoms with E-state index in [9.17, 15) is 0 Å². The van der Waals surface area contributed by atoms with Crippen LogP contribution in [0.15, 0.2) is 0 Å². The second kappa shape index (κ2) is 9.15. The smallest absolute Gasteiger partial charge is 0.0309 e. The van der Waals surface area contributed by atoms with Crippen LogP contribution in [0.1, 0.15) is 90.9 Å². The summed E-state index contributed by atoms with van der Waals surface area (Å²) in [4.78, 5) is 2.85. The minimum absolute atomic E-state index is 0.493. The lowest BCUT2D eigenvalue weighted by molar-refractivity contribution is 0.0738.